The number of rotatable bonds is 8. The number of halogens is 2. The maximum atomic E-state index is 14.8. The van der Waals surface area contributed by atoms with Crippen molar-refractivity contribution in [3.05, 3.63) is 52.9 Å². The van der Waals surface area contributed by atoms with Gasteiger partial charge in [-0.15, -0.1) is 0 Å². The van der Waals surface area contributed by atoms with Crippen molar-refractivity contribution in [3.63, 3.8) is 0 Å². The number of nitrogens with zero attached hydrogens (tertiary/aromatic N) is 2. The fraction of sp³-hybridized carbons (Fsp3) is 0.462. The normalized spacial score (nSPS) is 16.0. The molecule has 0 spiro atoms. The van der Waals surface area contributed by atoms with Gasteiger partial charge in [-0.2, -0.15) is 0 Å². The minimum absolute atomic E-state index is 0.00385. The van der Waals surface area contributed by atoms with Crippen LogP contribution in [0, 0.1) is 11.6 Å². The first-order valence-corrected chi connectivity index (χ1v) is 14.6. The van der Waals surface area contributed by atoms with Crippen LogP contribution in [0.1, 0.15) is 62.0 Å². The zero-order valence-electron chi connectivity index (χ0n) is 21.2. The molecule has 1 aliphatic rings. The topological polar surface area (TPSA) is 99.6 Å². The van der Waals surface area contributed by atoms with Gasteiger partial charge in [-0.1, -0.05) is 19.9 Å². The van der Waals surface area contributed by atoms with Crippen LogP contribution >= 0.6 is 10.0 Å². The van der Waals surface area contributed by atoms with Crippen molar-refractivity contribution in [2.75, 3.05) is 30.6 Å². The Labute approximate surface area is 211 Å². The van der Waals surface area contributed by atoms with Gasteiger partial charge in [0.25, 0.3) is 5.91 Å². The smallest absolute Gasteiger partial charge is 0.303 e. The highest BCUT2D eigenvalue weighted by molar-refractivity contribution is 8.32. The van der Waals surface area contributed by atoms with E-state index in [1.165, 1.54) is 4.90 Å². The summed E-state index contributed by atoms with van der Waals surface area (Å²) in [6.07, 6.45) is 5.72. The quantitative estimate of drug-likeness (QED) is 0.517. The predicted molar refractivity (Wildman–Crippen MR) is 137 cm³/mol. The minimum Gasteiger partial charge on any atom is -0.481 e. The van der Waals surface area contributed by atoms with Crippen LogP contribution < -0.4 is 5.32 Å². The number of carboxylic acids is 1. The molecule has 1 aromatic carbocycles. The van der Waals surface area contributed by atoms with Crippen LogP contribution in [0.25, 0.3) is 0 Å². The molecular weight excluding hydrogens is 488 g/mol. The first kappa shape index (κ1) is 27.6. The van der Waals surface area contributed by atoms with Crippen LogP contribution in [0.4, 0.5) is 14.5 Å². The number of hydrogen-bond donors (Lipinski definition) is 2. The summed E-state index contributed by atoms with van der Waals surface area (Å²) in [5.41, 5.74) is 2.06. The maximum absolute atomic E-state index is 14.8. The lowest BCUT2D eigenvalue weighted by atomic mass is 9.93. The monoisotopic (exact) mass is 521 g/mol. The van der Waals surface area contributed by atoms with E-state index < -0.39 is 39.6 Å². The van der Waals surface area contributed by atoms with Crippen LogP contribution in [0.5, 0.6) is 0 Å². The van der Waals surface area contributed by atoms with Gasteiger partial charge in [-0.25, -0.2) is 18.8 Å². The SMILES string of the molecule is CC(C)c1ccc2c(n1)CCN(C(=O)CCCC(=O)O)[C@H]2C(=O)Nc1cc(F)c(S(C)(C)C)c(F)c1. The Morgan fingerprint density at radius 3 is 2.33 bits per heavy atom. The number of pyridine rings is 1. The fourth-order valence-corrected chi connectivity index (χ4v) is 5.62. The van der Waals surface area contributed by atoms with E-state index in [1.54, 1.807) is 24.8 Å². The molecule has 0 unspecified atom stereocenters. The molecule has 1 aliphatic heterocycles. The summed E-state index contributed by atoms with van der Waals surface area (Å²) in [4.78, 5) is 43.5. The van der Waals surface area contributed by atoms with Gasteiger partial charge in [0.2, 0.25) is 5.91 Å². The van der Waals surface area contributed by atoms with E-state index in [1.807, 2.05) is 19.9 Å². The van der Waals surface area contributed by atoms with Crippen molar-refractivity contribution in [2.24, 2.45) is 0 Å². The Hall–Kier alpha value is -3.01. The molecule has 3 rings (SSSR count). The molecule has 2 N–H and O–H groups in total. The standard InChI is InChI=1S/C26H33F2N3O4S/c1-15(2)20-10-9-17-21(30-20)11-12-31(22(32)7-6-8-23(33)34)24(17)26(35)29-16-13-18(27)25(19(28)14-16)36(3,4)5/h9-10,13-15,24H,6-8,11-12H2,1-5H3,(H,29,35)(H,33,34)/t24-/m1/s1. The molecule has 0 radical (unpaired) electrons. The van der Waals surface area contributed by atoms with Gasteiger partial charge in [-0.3, -0.25) is 19.4 Å². The second-order valence-corrected chi connectivity index (χ2v) is 14.1. The number of fused-ring (bicyclic) bond motifs is 1. The highest BCUT2D eigenvalue weighted by Crippen LogP contribution is 2.48. The second-order valence-electron chi connectivity index (χ2n) is 10.0. The van der Waals surface area contributed by atoms with Crippen molar-refractivity contribution in [1.29, 1.82) is 0 Å². The number of aromatic nitrogens is 1. The number of carbonyl (C=O) groups is 3. The Morgan fingerprint density at radius 1 is 1.14 bits per heavy atom. The zero-order chi connectivity index (χ0) is 26.8. The van der Waals surface area contributed by atoms with Gasteiger partial charge < -0.3 is 15.3 Å². The van der Waals surface area contributed by atoms with Gasteiger partial charge in [0.05, 0.1) is 4.90 Å². The summed E-state index contributed by atoms with van der Waals surface area (Å²) < 4.78 is 29.6. The highest BCUT2D eigenvalue weighted by atomic mass is 32.3. The number of carboxylic acid groups (broad SMARTS) is 1. The van der Waals surface area contributed by atoms with Crippen LogP contribution in [0.2, 0.25) is 0 Å². The molecule has 1 atom stereocenters. The first-order valence-electron chi connectivity index (χ1n) is 11.8. The molecular formula is C26H33F2N3O4S. The first-order chi connectivity index (χ1) is 16.8. The molecule has 2 aromatic rings. The highest BCUT2D eigenvalue weighted by Gasteiger charge is 2.37. The molecule has 7 nitrogen and oxygen atoms in total. The second kappa shape index (κ2) is 10.9. The summed E-state index contributed by atoms with van der Waals surface area (Å²) >= 11 is 0. The number of aliphatic carboxylic acids is 1. The van der Waals surface area contributed by atoms with E-state index in [0.29, 0.717) is 17.7 Å². The Morgan fingerprint density at radius 2 is 1.78 bits per heavy atom. The number of amides is 2. The third kappa shape index (κ3) is 6.21. The molecule has 0 saturated carbocycles. The number of hydrogen-bond acceptors (Lipinski definition) is 4. The van der Waals surface area contributed by atoms with E-state index in [9.17, 15) is 23.2 Å². The summed E-state index contributed by atoms with van der Waals surface area (Å²) in [5, 5.41) is 11.5. The molecule has 2 amide bonds. The molecule has 0 aliphatic carbocycles. The fourth-order valence-electron chi connectivity index (χ4n) is 4.34. The third-order valence-corrected chi connectivity index (χ3v) is 7.66. The summed E-state index contributed by atoms with van der Waals surface area (Å²) in [5.74, 6) is -3.28. The van der Waals surface area contributed by atoms with Crippen molar-refractivity contribution < 1.29 is 28.3 Å². The molecule has 2 heterocycles. The predicted octanol–water partition coefficient (Wildman–Crippen LogP) is 4.86. The average molecular weight is 522 g/mol. The lowest BCUT2D eigenvalue weighted by molar-refractivity contribution is -0.140. The summed E-state index contributed by atoms with van der Waals surface area (Å²) in [7, 11) is -1.68. The van der Waals surface area contributed by atoms with Crippen molar-refractivity contribution >= 4 is 33.5 Å². The Balaban J connectivity index is 1.95. The largest absolute Gasteiger partial charge is 0.481 e. The van der Waals surface area contributed by atoms with Crippen LogP contribution in [-0.4, -0.2) is 58.1 Å². The molecule has 36 heavy (non-hydrogen) atoms. The minimum atomic E-state index is -1.68. The number of carbonyl (C=O) groups excluding carboxylic acids is 2. The van der Waals surface area contributed by atoms with Gasteiger partial charge in [0.15, 0.2) is 0 Å². The van der Waals surface area contributed by atoms with E-state index in [0.717, 1.165) is 17.8 Å². The molecule has 1 aromatic heterocycles. The Kier molecular flexibility index (Phi) is 8.38. The van der Waals surface area contributed by atoms with Gasteiger partial charge in [0, 0.05) is 48.4 Å². The van der Waals surface area contributed by atoms with Crippen molar-refractivity contribution in [3.8, 4) is 0 Å². The zero-order valence-corrected chi connectivity index (χ0v) is 22.0. The van der Waals surface area contributed by atoms with E-state index >= 15 is 0 Å². The number of anilines is 1. The lowest BCUT2D eigenvalue weighted by Crippen LogP contribution is -2.45. The van der Waals surface area contributed by atoms with E-state index in [2.05, 4.69) is 10.3 Å². The van der Waals surface area contributed by atoms with Gasteiger partial charge in [-0.05, 0) is 49.3 Å². The average Bonchev–Trinajstić information content (AvgIpc) is 2.75. The molecule has 0 bridgehead atoms. The maximum Gasteiger partial charge on any atom is 0.303 e. The van der Waals surface area contributed by atoms with Crippen LogP contribution in [-0.2, 0) is 20.8 Å². The summed E-state index contributed by atoms with van der Waals surface area (Å²) in [6, 6.07) is 4.71. The van der Waals surface area contributed by atoms with Gasteiger partial charge in [0.1, 0.15) is 17.7 Å². The van der Waals surface area contributed by atoms with E-state index in [4.69, 9.17) is 5.11 Å². The van der Waals surface area contributed by atoms with E-state index in [-0.39, 0.29) is 48.2 Å². The molecule has 10 heteroatoms. The van der Waals surface area contributed by atoms with Crippen LogP contribution in [0.15, 0.2) is 29.2 Å². The number of nitrogens with one attached hydrogen (secondary N) is 1. The molecule has 196 valence electrons. The summed E-state index contributed by atoms with van der Waals surface area (Å²) in [6.45, 7) is 4.23. The van der Waals surface area contributed by atoms with Crippen LogP contribution in [0.3, 0.4) is 0 Å². The van der Waals surface area contributed by atoms with Crippen molar-refractivity contribution in [1.82, 2.24) is 9.88 Å². The lowest BCUT2D eigenvalue weighted by Gasteiger charge is -2.36. The molecule has 0 fully saturated rings. The Bertz CT molecular complexity index is 1160. The van der Waals surface area contributed by atoms with Gasteiger partial charge >= 0.3 is 5.97 Å². The van der Waals surface area contributed by atoms with Crippen molar-refractivity contribution in [2.45, 2.75) is 56.4 Å². The third-order valence-electron chi connectivity index (χ3n) is 6.05. The molecule has 0 saturated heterocycles. The number of benzene rings is 1.